The Morgan fingerprint density at radius 1 is 1.40 bits per heavy atom. The zero-order chi connectivity index (χ0) is 14.4. The van der Waals surface area contributed by atoms with Gasteiger partial charge in [0.05, 0.1) is 18.6 Å². The minimum Gasteiger partial charge on any atom is -0.468 e. The summed E-state index contributed by atoms with van der Waals surface area (Å²) >= 11 is 0. The summed E-state index contributed by atoms with van der Waals surface area (Å²) in [4.78, 5) is 0. The molecular formula is C14H24N2O3S. The molecule has 5 nitrogen and oxygen atoms in total. The van der Waals surface area contributed by atoms with Gasteiger partial charge in [0, 0.05) is 12.6 Å². The first-order valence-electron chi connectivity index (χ1n) is 7.35. The Bertz CT molecular complexity index is 481. The van der Waals surface area contributed by atoms with Crippen LogP contribution in [0.2, 0.25) is 0 Å². The zero-order valence-corrected chi connectivity index (χ0v) is 12.9. The van der Waals surface area contributed by atoms with Crippen molar-refractivity contribution in [3.63, 3.8) is 0 Å². The van der Waals surface area contributed by atoms with Crippen molar-refractivity contribution in [1.82, 2.24) is 9.62 Å². The number of nitrogens with one attached hydrogen (secondary N) is 1. The van der Waals surface area contributed by atoms with E-state index < -0.39 is 10.0 Å². The second kappa shape index (κ2) is 7.24. The van der Waals surface area contributed by atoms with Crippen LogP contribution < -0.4 is 5.32 Å². The molecule has 0 aliphatic heterocycles. The van der Waals surface area contributed by atoms with Crippen LogP contribution in [0.15, 0.2) is 22.8 Å². The molecule has 1 aromatic rings. The number of rotatable bonds is 10. The average molecular weight is 300 g/mol. The van der Waals surface area contributed by atoms with Crippen molar-refractivity contribution in [3.8, 4) is 0 Å². The number of unbranched alkanes of at least 4 members (excludes halogenated alkanes) is 1. The summed E-state index contributed by atoms with van der Waals surface area (Å²) in [5, 5.41) is 3.40. The molecule has 1 aliphatic rings. The molecule has 0 bridgehead atoms. The van der Waals surface area contributed by atoms with Crippen molar-refractivity contribution in [2.75, 3.05) is 18.8 Å². The fourth-order valence-electron chi connectivity index (χ4n) is 2.12. The molecule has 0 saturated heterocycles. The van der Waals surface area contributed by atoms with Gasteiger partial charge in [-0.3, -0.25) is 0 Å². The average Bonchev–Trinajstić information content (AvgIpc) is 3.10. The standard InChI is InChI=1S/C14H24N2O3S/c1-2-16(12-14-6-5-10-19-14)20(17,18)11-4-3-9-15-13-7-8-13/h5-6,10,13,15H,2-4,7-9,11-12H2,1H3. The molecule has 0 amide bonds. The van der Waals surface area contributed by atoms with Crippen LogP contribution in [0, 0.1) is 0 Å². The third-order valence-corrected chi connectivity index (χ3v) is 5.48. The minimum absolute atomic E-state index is 0.216. The normalized spacial score (nSPS) is 15.9. The highest BCUT2D eigenvalue weighted by atomic mass is 32.2. The lowest BCUT2D eigenvalue weighted by atomic mass is 10.3. The van der Waals surface area contributed by atoms with Gasteiger partial charge < -0.3 is 9.73 Å². The molecule has 2 rings (SSSR count). The van der Waals surface area contributed by atoms with Crippen LogP contribution in [-0.4, -0.2) is 37.6 Å². The van der Waals surface area contributed by atoms with Gasteiger partial charge >= 0.3 is 0 Å². The maximum absolute atomic E-state index is 12.3. The molecule has 0 radical (unpaired) electrons. The van der Waals surface area contributed by atoms with Crippen molar-refractivity contribution in [3.05, 3.63) is 24.2 Å². The molecule has 1 heterocycles. The predicted octanol–water partition coefficient (Wildman–Crippen LogP) is 1.96. The van der Waals surface area contributed by atoms with E-state index in [0.29, 0.717) is 31.3 Å². The highest BCUT2D eigenvalue weighted by Crippen LogP contribution is 2.18. The Morgan fingerprint density at radius 3 is 2.80 bits per heavy atom. The first-order valence-corrected chi connectivity index (χ1v) is 8.96. The Morgan fingerprint density at radius 2 is 2.20 bits per heavy atom. The molecule has 1 N–H and O–H groups in total. The number of hydrogen-bond acceptors (Lipinski definition) is 4. The molecule has 114 valence electrons. The summed E-state index contributed by atoms with van der Waals surface area (Å²) in [6, 6.07) is 4.27. The summed E-state index contributed by atoms with van der Waals surface area (Å²) in [7, 11) is -3.19. The SMILES string of the molecule is CCN(Cc1ccco1)S(=O)(=O)CCCCNC1CC1. The fraction of sp³-hybridized carbons (Fsp3) is 0.714. The van der Waals surface area contributed by atoms with Crippen LogP contribution in [0.1, 0.15) is 38.4 Å². The van der Waals surface area contributed by atoms with Gasteiger partial charge in [-0.15, -0.1) is 0 Å². The number of furan rings is 1. The Kier molecular flexibility index (Phi) is 5.63. The van der Waals surface area contributed by atoms with E-state index in [9.17, 15) is 8.42 Å². The van der Waals surface area contributed by atoms with Crippen molar-refractivity contribution in [2.24, 2.45) is 0 Å². The van der Waals surface area contributed by atoms with Crippen LogP contribution in [0.4, 0.5) is 0 Å². The summed E-state index contributed by atoms with van der Waals surface area (Å²) < 4.78 is 31.2. The Hall–Kier alpha value is -0.850. The molecule has 6 heteroatoms. The molecule has 20 heavy (non-hydrogen) atoms. The first-order chi connectivity index (χ1) is 9.62. The van der Waals surface area contributed by atoms with Crippen molar-refractivity contribution in [1.29, 1.82) is 0 Å². The van der Waals surface area contributed by atoms with Crippen LogP contribution in [0.5, 0.6) is 0 Å². The van der Waals surface area contributed by atoms with Gasteiger partial charge in [0.15, 0.2) is 0 Å². The monoisotopic (exact) mass is 300 g/mol. The Balaban J connectivity index is 1.73. The third kappa shape index (κ3) is 4.92. The molecule has 0 unspecified atom stereocenters. The topological polar surface area (TPSA) is 62.6 Å². The summed E-state index contributed by atoms with van der Waals surface area (Å²) in [5.74, 6) is 0.902. The van der Waals surface area contributed by atoms with E-state index in [1.54, 1.807) is 18.4 Å². The maximum Gasteiger partial charge on any atom is 0.214 e. The van der Waals surface area contributed by atoms with E-state index in [1.807, 2.05) is 6.92 Å². The lowest BCUT2D eigenvalue weighted by Gasteiger charge is -2.19. The van der Waals surface area contributed by atoms with Gasteiger partial charge in [0.25, 0.3) is 0 Å². The fourth-order valence-corrected chi connectivity index (χ4v) is 3.66. The second-order valence-electron chi connectivity index (χ2n) is 5.26. The molecule has 1 saturated carbocycles. The van der Waals surface area contributed by atoms with Gasteiger partial charge in [-0.1, -0.05) is 6.92 Å². The van der Waals surface area contributed by atoms with E-state index in [4.69, 9.17) is 4.42 Å². The van der Waals surface area contributed by atoms with Crippen LogP contribution in [0.25, 0.3) is 0 Å². The molecule has 0 aromatic carbocycles. The third-order valence-electron chi connectivity index (χ3n) is 3.50. The predicted molar refractivity (Wildman–Crippen MR) is 78.8 cm³/mol. The van der Waals surface area contributed by atoms with E-state index in [2.05, 4.69) is 5.32 Å². The lowest BCUT2D eigenvalue weighted by Crippen LogP contribution is -2.32. The molecule has 0 spiro atoms. The van der Waals surface area contributed by atoms with Crippen LogP contribution in [-0.2, 0) is 16.6 Å². The molecule has 0 atom stereocenters. The molecule has 1 aromatic heterocycles. The Labute approximate surface area is 121 Å². The van der Waals surface area contributed by atoms with E-state index in [1.165, 1.54) is 17.1 Å². The molecule has 1 aliphatic carbocycles. The highest BCUT2D eigenvalue weighted by Gasteiger charge is 2.22. The maximum atomic E-state index is 12.3. The van der Waals surface area contributed by atoms with Gasteiger partial charge in [0.2, 0.25) is 10.0 Å². The lowest BCUT2D eigenvalue weighted by molar-refractivity contribution is 0.375. The first kappa shape index (κ1) is 15.5. The summed E-state index contributed by atoms with van der Waals surface area (Å²) in [6.07, 6.45) is 5.72. The van der Waals surface area contributed by atoms with E-state index in [-0.39, 0.29) is 5.75 Å². The van der Waals surface area contributed by atoms with Crippen molar-refractivity contribution < 1.29 is 12.8 Å². The smallest absolute Gasteiger partial charge is 0.214 e. The van der Waals surface area contributed by atoms with E-state index in [0.717, 1.165) is 13.0 Å². The van der Waals surface area contributed by atoms with Gasteiger partial charge in [0.1, 0.15) is 5.76 Å². The summed E-state index contributed by atoms with van der Waals surface area (Å²) in [6.45, 7) is 3.58. The van der Waals surface area contributed by atoms with Gasteiger partial charge in [-0.2, -0.15) is 4.31 Å². The summed E-state index contributed by atoms with van der Waals surface area (Å²) in [5.41, 5.74) is 0. The van der Waals surface area contributed by atoms with Gasteiger partial charge in [-0.25, -0.2) is 8.42 Å². The molecular weight excluding hydrogens is 276 g/mol. The van der Waals surface area contributed by atoms with Gasteiger partial charge in [-0.05, 0) is 44.4 Å². The number of hydrogen-bond donors (Lipinski definition) is 1. The van der Waals surface area contributed by atoms with Crippen molar-refractivity contribution in [2.45, 2.75) is 45.2 Å². The highest BCUT2D eigenvalue weighted by molar-refractivity contribution is 7.89. The van der Waals surface area contributed by atoms with Crippen LogP contribution >= 0.6 is 0 Å². The van der Waals surface area contributed by atoms with E-state index >= 15 is 0 Å². The largest absolute Gasteiger partial charge is 0.468 e. The number of nitrogens with zero attached hydrogens (tertiary/aromatic N) is 1. The quantitative estimate of drug-likeness (QED) is 0.671. The van der Waals surface area contributed by atoms with Crippen molar-refractivity contribution >= 4 is 10.0 Å². The number of sulfonamides is 1. The minimum atomic E-state index is -3.19. The zero-order valence-electron chi connectivity index (χ0n) is 12.0. The molecule has 1 fully saturated rings. The second-order valence-corrected chi connectivity index (χ2v) is 7.35. The van der Waals surface area contributed by atoms with Crippen LogP contribution in [0.3, 0.4) is 0 Å².